The Labute approximate surface area is 202 Å². The molecule has 4 heteroatoms. The molecule has 7 aromatic rings. The number of nitrogens with zero attached hydrogens (tertiary/aromatic N) is 2. The van der Waals surface area contributed by atoms with Crippen molar-refractivity contribution in [1.29, 1.82) is 0 Å². The zero-order valence-corrected chi connectivity index (χ0v) is 19.5. The standard InChI is InChI=1S/C31H18N2OS/c34-31-22-10-2-1-8-18(22)20-11-7-15-27-28(20)33(31)25-17-16-21-19-9-3-4-12-23(19)32-24-13-5-6-14-26(24)35(27)30(25)29(21)32/h1-17,35H. The summed E-state index contributed by atoms with van der Waals surface area (Å²) in [7, 11) is -0.815. The number of thiol groups is 1. The molecule has 0 bridgehead atoms. The van der Waals surface area contributed by atoms with Gasteiger partial charge in [-0.3, -0.25) is 9.36 Å². The lowest BCUT2D eigenvalue weighted by atomic mass is 10.0. The fraction of sp³-hybridized carbons (Fsp3) is 0. The van der Waals surface area contributed by atoms with Crippen molar-refractivity contribution in [3.05, 3.63) is 113 Å². The second-order valence-corrected chi connectivity index (χ2v) is 11.4. The Kier molecular flexibility index (Phi) is 3.12. The Morgan fingerprint density at radius 2 is 1.17 bits per heavy atom. The minimum atomic E-state index is -0.815. The SMILES string of the molecule is O=c1c2ccccc2c2cccc3c2n1-c1ccc2c4ccccc4n4c2c1[SH]3c1ccccc1-4. The summed E-state index contributed by atoms with van der Waals surface area (Å²) in [5.41, 5.74) is 5.87. The summed E-state index contributed by atoms with van der Waals surface area (Å²) in [4.78, 5) is 18.0. The lowest BCUT2D eigenvalue weighted by molar-refractivity contribution is 0.979. The molecule has 0 saturated heterocycles. The molecule has 1 atom stereocenters. The monoisotopic (exact) mass is 466 g/mol. The number of pyridine rings is 1. The van der Waals surface area contributed by atoms with Gasteiger partial charge in [0.25, 0.3) is 5.56 Å². The number of rotatable bonds is 0. The largest absolute Gasteiger partial charge is 0.307 e. The molecule has 35 heavy (non-hydrogen) atoms. The third-order valence-electron chi connectivity index (χ3n) is 7.75. The van der Waals surface area contributed by atoms with Crippen molar-refractivity contribution >= 4 is 54.4 Å². The molecule has 164 valence electrons. The highest BCUT2D eigenvalue weighted by molar-refractivity contribution is 8.17. The molecule has 0 fully saturated rings. The van der Waals surface area contributed by atoms with Gasteiger partial charge in [0.15, 0.2) is 0 Å². The molecule has 2 aromatic heterocycles. The topological polar surface area (TPSA) is 26.9 Å². The van der Waals surface area contributed by atoms with Crippen LogP contribution in [-0.2, 0) is 0 Å². The number of fused-ring (bicyclic) bond motifs is 10. The van der Waals surface area contributed by atoms with Crippen LogP contribution in [0.2, 0.25) is 0 Å². The second kappa shape index (κ2) is 6.04. The zero-order chi connectivity index (χ0) is 22.8. The van der Waals surface area contributed by atoms with Crippen molar-refractivity contribution < 1.29 is 0 Å². The van der Waals surface area contributed by atoms with Crippen LogP contribution in [0.25, 0.3) is 54.9 Å². The van der Waals surface area contributed by atoms with Crippen LogP contribution in [0.3, 0.4) is 0 Å². The third-order valence-corrected chi connectivity index (χ3v) is 10.3. The maximum absolute atomic E-state index is 14.0. The molecule has 0 radical (unpaired) electrons. The minimum absolute atomic E-state index is 0.0623. The van der Waals surface area contributed by atoms with E-state index in [4.69, 9.17) is 0 Å². The first-order valence-corrected chi connectivity index (χ1v) is 13.2. The highest BCUT2D eigenvalue weighted by Gasteiger charge is 2.35. The lowest BCUT2D eigenvalue weighted by Gasteiger charge is -2.37. The van der Waals surface area contributed by atoms with Gasteiger partial charge in [-0.1, -0.05) is 66.7 Å². The Balaban J connectivity index is 1.62. The first-order chi connectivity index (χ1) is 17.3. The van der Waals surface area contributed by atoms with Gasteiger partial charge in [0.1, 0.15) is 0 Å². The molecule has 2 aliphatic rings. The molecule has 0 aliphatic carbocycles. The third kappa shape index (κ3) is 1.97. The Morgan fingerprint density at radius 1 is 0.486 bits per heavy atom. The van der Waals surface area contributed by atoms with Crippen molar-refractivity contribution in [3.8, 4) is 11.4 Å². The van der Waals surface area contributed by atoms with Gasteiger partial charge in [-0.05, 0) is 41.8 Å². The average molecular weight is 467 g/mol. The minimum Gasteiger partial charge on any atom is -0.307 e. The summed E-state index contributed by atoms with van der Waals surface area (Å²) >= 11 is 0. The van der Waals surface area contributed by atoms with Gasteiger partial charge in [0.05, 0.1) is 27.9 Å². The molecule has 0 N–H and O–H groups in total. The summed E-state index contributed by atoms with van der Waals surface area (Å²) in [5, 5.41) is 5.46. The van der Waals surface area contributed by atoms with E-state index in [1.807, 2.05) is 22.8 Å². The van der Waals surface area contributed by atoms with Gasteiger partial charge in [0.2, 0.25) is 0 Å². The summed E-state index contributed by atoms with van der Waals surface area (Å²) in [5.74, 6) is 0. The summed E-state index contributed by atoms with van der Waals surface area (Å²) in [6, 6.07) is 36.5. The van der Waals surface area contributed by atoms with Crippen LogP contribution in [0, 0.1) is 0 Å². The molecule has 5 aromatic carbocycles. The van der Waals surface area contributed by atoms with Crippen molar-refractivity contribution in [3.63, 3.8) is 0 Å². The van der Waals surface area contributed by atoms with Crippen LogP contribution >= 0.6 is 10.9 Å². The normalized spacial score (nSPS) is 16.3. The number of benzene rings is 5. The van der Waals surface area contributed by atoms with E-state index in [-0.39, 0.29) is 5.56 Å². The molecule has 0 spiro atoms. The van der Waals surface area contributed by atoms with E-state index in [0.717, 1.165) is 27.4 Å². The fourth-order valence-electron chi connectivity index (χ4n) is 6.41. The number of hydrogen-bond acceptors (Lipinski definition) is 1. The molecule has 4 heterocycles. The summed E-state index contributed by atoms with van der Waals surface area (Å²) in [6.07, 6.45) is 0. The number of para-hydroxylation sites is 3. The first kappa shape index (κ1) is 18.1. The van der Waals surface area contributed by atoms with E-state index >= 15 is 0 Å². The Hall–Kier alpha value is -4.28. The smallest absolute Gasteiger partial charge is 0.263 e. The van der Waals surface area contributed by atoms with Crippen LogP contribution < -0.4 is 5.56 Å². The molecule has 0 amide bonds. The maximum atomic E-state index is 14.0. The second-order valence-electron chi connectivity index (χ2n) is 9.37. The molecule has 2 aliphatic heterocycles. The highest BCUT2D eigenvalue weighted by atomic mass is 32.2. The van der Waals surface area contributed by atoms with E-state index in [1.54, 1.807) is 0 Å². The van der Waals surface area contributed by atoms with E-state index in [0.29, 0.717) is 0 Å². The van der Waals surface area contributed by atoms with Gasteiger partial charge in [0, 0.05) is 36.2 Å². The van der Waals surface area contributed by atoms with Crippen molar-refractivity contribution in [2.75, 3.05) is 0 Å². The molecule has 9 rings (SSSR count). The van der Waals surface area contributed by atoms with E-state index < -0.39 is 10.9 Å². The Morgan fingerprint density at radius 3 is 2.09 bits per heavy atom. The average Bonchev–Trinajstić information content (AvgIpc) is 3.26. The van der Waals surface area contributed by atoms with E-state index in [1.165, 1.54) is 42.2 Å². The quantitative estimate of drug-likeness (QED) is 0.184. The van der Waals surface area contributed by atoms with Gasteiger partial charge < -0.3 is 4.57 Å². The van der Waals surface area contributed by atoms with Crippen molar-refractivity contribution in [2.45, 2.75) is 14.7 Å². The summed E-state index contributed by atoms with van der Waals surface area (Å²) in [6.45, 7) is 0. The van der Waals surface area contributed by atoms with Crippen LogP contribution in [-0.4, -0.2) is 9.13 Å². The van der Waals surface area contributed by atoms with E-state index in [9.17, 15) is 4.79 Å². The molecular formula is C31H18N2OS. The predicted molar refractivity (Wildman–Crippen MR) is 145 cm³/mol. The first-order valence-electron chi connectivity index (χ1n) is 11.9. The number of aromatic nitrogens is 2. The van der Waals surface area contributed by atoms with Gasteiger partial charge in [-0.2, -0.15) is 10.9 Å². The predicted octanol–water partition coefficient (Wildman–Crippen LogP) is 7.35. The van der Waals surface area contributed by atoms with Crippen LogP contribution in [0.4, 0.5) is 0 Å². The maximum Gasteiger partial charge on any atom is 0.263 e. The van der Waals surface area contributed by atoms with Crippen molar-refractivity contribution in [2.24, 2.45) is 0 Å². The van der Waals surface area contributed by atoms with Gasteiger partial charge in [-0.15, -0.1) is 0 Å². The van der Waals surface area contributed by atoms with Gasteiger partial charge >= 0.3 is 0 Å². The molecule has 0 saturated carbocycles. The van der Waals surface area contributed by atoms with Crippen LogP contribution in [0.15, 0.2) is 123 Å². The molecule has 1 unspecified atom stereocenters. The van der Waals surface area contributed by atoms with Gasteiger partial charge in [-0.25, -0.2) is 0 Å². The fourth-order valence-corrected chi connectivity index (χ4v) is 9.30. The lowest BCUT2D eigenvalue weighted by Crippen LogP contribution is -2.24. The highest BCUT2D eigenvalue weighted by Crippen LogP contribution is 2.64. The zero-order valence-electron chi connectivity index (χ0n) is 18.6. The van der Waals surface area contributed by atoms with Crippen LogP contribution in [0.5, 0.6) is 0 Å². The molecular weight excluding hydrogens is 448 g/mol. The van der Waals surface area contributed by atoms with Crippen molar-refractivity contribution in [1.82, 2.24) is 9.13 Å². The number of hydrogen-bond donors (Lipinski definition) is 1. The van der Waals surface area contributed by atoms with E-state index in [2.05, 4.69) is 89.5 Å². The molecule has 3 nitrogen and oxygen atoms in total. The summed E-state index contributed by atoms with van der Waals surface area (Å²) < 4.78 is 4.42. The Bertz CT molecular complexity index is 2150. The van der Waals surface area contributed by atoms with Crippen LogP contribution in [0.1, 0.15) is 0 Å².